The molecule has 0 bridgehead atoms. The zero-order valence-corrected chi connectivity index (χ0v) is 15.8. The van der Waals surface area contributed by atoms with Crippen LogP contribution in [0.5, 0.6) is 0 Å². The Morgan fingerprint density at radius 2 is 1.77 bits per heavy atom. The SMILES string of the molecule is CN/C=C\C=C/C/C(C)=N/N(C)c1ccc(NCc2ccccc2)cc1. The van der Waals surface area contributed by atoms with E-state index >= 15 is 0 Å². The maximum atomic E-state index is 4.63. The number of hydrogen-bond donors (Lipinski definition) is 2. The predicted molar refractivity (Wildman–Crippen MR) is 114 cm³/mol. The number of nitrogens with one attached hydrogen (secondary N) is 2. The molecule has 0 heterocycles. The number of rotatable bonds is 9. The minimum atomic E-state index is 0.821. The van der Waals surface area contributed by atoms with Crippen molar-refractivity contribution in [3.8, 4) is 0 Å². The number of hydrazone groups is 1. The monoisotopic (exact) mass is 348 g/mol. The van der Waals surface area contributed by atoms with E-state index in [9.17, 15) is 0 Å². The standard InChI is InChI=1S/C22H28N4/c1-19(10-6-5-9-17-23-2)25-26(3)22-15-13-21(14-16-22)24-18-20-11-7-4-8-12-20/h4-9,11-17,23-24H,10,18H2,1-3H3/b6-5-,17-9-,25-19+. The molecule has 0 aliphatic heterocycles. The summed E-state index contributed by atoms with van der Waals surface area (Å²) in [5.41, 5.74) is 4.50. The normalized spacial score (nSPS) is 11.9. The first-order valence-corrected chi connectivity index (χ1v) is 8.83. The molecule has 0 fully saturated rings. The van der Waals surface area contributed by atoms with Gasteiger partial charge in [-0.15, -0.1) is 0 Å². The van der Waals surface area contributed by atoms with Crippen LogP contribution in [0, 0.1) is 0 Å². The highest BCUT2D eigenvalue weighted by Gasteiger charge is 2.00. The molecule has 0 saturated heterocycles. The van der Waals surface area contributed by atoms with Crippen molar-refractivity contribution in [1.82, 2.24) is 5.32 Å². The van der Waals surface area contributed by atoms with Crippen molar-refractivity contribution in [3.05, 3.63) is 84.6 Å². The van der Waals surface area contributed by atoms with Crippen molar-refractivity contribution < 1.29 is 0 Å². The van der Waals surface area contributed by atoms with E-state index in [1.54, 1.807) is 0 Å². The van der Waals surface area contributed by atoms with Gasteiger partial charge in [0.2, 0.25) is 0 Å². The first-order chi connectivity index (χ1) is 12.7. The maximum Gasteiger partial charge on any atom is 0.0592 e. The van der Waals surface area contributed by atoms with E-state index in [2.05, 4.69) is 70.3 Å². The molecule has 0 amide bonds. The van der Waals surface area contributed by atoms with E-state index in [1.165, 1.54) is 5.56 Å². The summed E-state index contributed by atoms with van der Waals surface area (Å²) in [6, 6.07) is 18.7. The highest BCUT2D eigenvalue weighted by atomic mass is 15.4. The molecule has 2 aromatic carbocycles. The van der Waals surface area contributed by atoms with E-state index < -0.39 is 0 Å². The molecular weight excluding hydrogens is 320 g/mol. The van der Waals surface area contributed by atoms with Gasteiger partial charge < -0.3 is 10.6 Å². The minimum absolute atomic E-state index is 0.821. The highest BCUT2D eigenvalue weighted by Crippen LogP contribution is 2.18. The van der Waals surface area contributed by atoms with Gasteiger partial charge in [-0.3, -0.25) is 5.01 Å². The van der Waals surface area contributed by atoms with E-state index in [0.717, 1.165) is 30.1 Å². The van der Waals surface area contributed by atoms with Crippen LogP contribution < -0.4 is 15.6 Å². The zero-order valence-electron chi connectivity index (χ0n) is 15.8. The van der Waals surface area contributed by atoms with Gasteiger partial charge in [0, 0.05) is 38.5 Å². The Kier molecular flexibility index (Phi) is 8.00. The molecule has 2 N–H and O–H groups in total. The lowest BCUT2D eigenvalue weighted by molar-refractivity contribution is 1.00. The molecule has 2 aromatic rings. The van der Waals surface area contributed by atoms with Crippen molar-refractivity contribution >= 4 is 17.1 Å². The summed E-state index contributed by atoms with van der Waals surface area (Å²) in [5.74, 6) is 0. The second-order valence-electron chi connectivity index (χ2n) is 6.02. The van der Waals surface area contributed by atoms with Crippen molar-refractivity contribution in [1.29, 1.82) is 0 Å². The summed E-state index contributed by atoms with van der Waals surface area (Å²) in [6.45, 7) is 2.86. The molecule has 2 rings (SSSR count). The lowest BCUT2D eigenvalue weighted by atomic mass is 10.2. The molecule has 0 aromatic heterocycles. The van der Waals surface area contributed by atoms with Gasteiger partial charge in [0.05, 0.1) is 5.69 Å². The number of allylic oxidation sites excluding steroid dienone is 3. The summed E-state index contributed by atoms with van der Waals surface area (Å²) < 4.78 is 0. The van der Waals surface area contributed by atoms with E-state index in [-0.39, 0.29) is 0 Å². The third-order valence-electron chi connectivity index (χ3n) is 3.82. The molecule has 26 heavy (non-hydrogen) atoms. The summed E-state index contributed by atoms with van der Waals surface area (Å²) in [6.07, 6.45) is 8.80. The molecule has 0 spiro atoms. The summed E-state index contributed by atoms with van der Waals surface area (Å²) in [5, 5.41) is 12.9. The fourth-order valence-corrected chi connectivity index (χ4v) is 2.42. The number of anilines is 2. The van der Waals surface area contributed by atoms with Crippen LogP contribution in [-0.4, -0.2) is 19.8 Å². The predicted octanol–water partition coefficient (Wildman–Crippen LogP) is 4.79. The Bertz CT molecular complexity index is 730. The van der Waals surface area contributed by atoms with Crippen LogP contribution in [0.4, 0.5) is 11.4 Å². The number of benzene rings is 2. The lowest BCUT2D eigenvalue weighted by Crippen LogP contribution is -2.11. The molecule has 0 saturated carbocycles. The van der Waals surface area contributed by atoms with Gasteiger partial charge in [0.15, 0.2) is 0 Å². The molecular formula is C22H28N4. The minimum Gasteiger partial charge on any atom is -0.394 e. The molecule has 0 aliphatic carbocycles. The highest BCUT2D eigenvalue weighted by molar-refractivity contribution is 5.84. The third kappa shape index (κ3) is 6.85. The topological polar surface area (TPSA) is 39.7 Å². The van der Waals surface area contributed by atoms with Crippen LogP contribution in [0.15, 0.2) is 84.1 Å². The molecule has 0 aliphatic rings. The quantitative estimate of drug-likeness (QED) is 0.389. The van der Waals surface area contributed by atoms with Crippen molar-refractivity contribution in [2.75, 3.05) is 24.4 Å². The van der Waals surface area contributed by atoms with E-state index in [1.807, 2.05) is 50.4 Å². The van der Waals surface area contributed by atoms with Crippen LogP contribution in [-0.2, 0) is 6.54 Å². The van der Waals surface area contributed by atoms with Crippen molar-refractivity contribution in [3.63, 3.8) is 0 Å². The fraction of sp³-hybridized carbons (Fsp3) is 0.227. The summed E-state index contributed by atoms with van der Waals surface area (Å²) in [4.78, 5) is 0. The van der Waals surface area contributed by atoms with Crippen LogP contribution in [0.2, 0.25) is 0 Å². The molecule has 4 nitrogen and oxygen atoms in total. The Hall–Kier alpha value is -3.01. The van der Waals surface area contributed by atoms with Gasteiger partial charge in [0.25, 0.3) is 0 Å². The Balaban J connectivity index is 1.87. The average Bonchev–Trinajstić information content (AvgIpc) is 2.67. The van der Waals surface area contributed by atoms with Gasteiger partial charge in [0.1, 0.15) is 0 Å². The second kappa shape index (κ2) is 10.8. The van der Waals surface area contributed by atoms with Crippen LogP contribution in [0.25, 0.3) is 0 Å². The van der Waals surface area contributed by atoms with Gasteiger partial charge in [-0.1, -0.05) is 42.5 Å². The van der Waals surface area contributed by atoms with E-state index in [4.69, 9.17) is 0 Å². The van der Waals surface area contributed by atoms with Gasteiger partial charge in [-0.2, -0.15) is 5.10 Å². The second-order valence-corrected chi connectivity index (χ2v) is 6.02. The van der Waals surface area contributed by atoms with Gasteiger partial charge in [-0.25, -0.2) is 0 Å². The lowest BCUT2D eigenvalue weighted by Gasteiger charge is -2.15. The Morgan fingerprint density at radius 3 is 2.46 bits per heavy atom. The van der Waals surface area contributed by atoms with Crippen LogP contribution >= 0.6 is 0 Å². The molecule has 0 radical (unpaired) electrons. The summed E-state index contributed by atoms with van der Waals surface area (Å²) in [7, 11) is 3.86. The third-order valence-corrected chi connectivity index (χ3v) is 3.82. The van der Waals surface area contributed by atoms with E-state index in [0.29, 0.717) is 0 Å². The Morgan fingerprint density at radius 1 is 1.04 bits per heavy atom. The fourth-order valence-electron chi connectivity index (χ4n) is 2.42. The largest absolute Gasteiger partial charge is 0.394 e. The number of hydrogen-bond acceptors (Lipinski definition) is 4. The molecule has 0 unspecified atom stereocenters. The maximum absolute atomic E-state index is 4.63. The van der Waals surface area contributed by atoms with Crippen LogP contribution in [0.3, 0.4) is 0 Å². The Labute approximate surface area is 156 Å². The molecule has 4 heteroatoms. The average molecular weight is 348 g/mol. The molecule has 0 atom stereocenters. The smallest absolute Gasteiger partial charge is 0.0592 e. The van der Waals surface area contributed by atoms with Crippen molar-refractivity contribution in [2.24, 2.45) is 5.10 Å². The van der Waals surface area contributed by atoms with Crippen LogP contribution in [0.1, 0.15) is 18.9 Å². The van der Waals surface area contributed by atoms with Crippen molar-refractivity contribution in [2.45, 2.75) is 19.9 Å². The molecule has 136 valence electrons. The first kappa shape index (κ1) is 19.3. The first-order valence-electron chi connectivity index (χ1n) is 8.83. The summed E-state index contributed by atoms with van der Waals surface area (Å²) >= 11 is 0. The van der Waals surface area contributed by atoms with Gasteiger partial charge >= 0.3 is 0 Å². The van der Waals surface area contributed by atoms with Gasteiger partial charge in [-0.05, 0) is 49.0 Å². The zero-order chi connectivity index (χ0) is 18.6. The number of nitrogens with zero attached hydrogens (tertiary/aromatic N) is 2.